The molecule has 0 fully saturated rings. The first kappa shape index (κ1) is 14.2. The summed E-state index contributed by atoms with van der Waals surface area (Å²) in [7, 11) is 0. The highest BCUT2D eigenvalue weighted by molar-refractivity contribution is 5.91. The van der Waals surface area contributed by atoms with E-state index in [-0.39, 0.29) is 23.1 Å². The Balaban J connectivity index is 2.17. The zero-order chi connectivity index (χ0) is 14.6. The Kier molecular flexibility index (Phi) is 4.17. The predicted molar refractivity (Wildman–Crippen MR) is 75.0 cm³/mol. The molecule has 5 nitrogen and oxygen atoms in total. The molecule has 0 radical (unpaired) electrons. The molecule has 0 aliphatic heterocycles. The summed E-state index contributed by atoms with van der Waals surface area (Å²) in [5.74, 6) is -0.0478. The van der Waals surface area contributed by atoms with Gasteiger partial charge in [-0.1, -0.05) is 32.0 Å². The summed E-state index contributed by atoms with van der Waals surface area (Å²) in [6.45, 7) is 6.41. The number of rotatable bonds is 4. The highest BCUT2D eigenvalue weighted by Crippen LogP contribution is 2.29. The quantitative estimate of drug-likeness (QED) is 0.929. The minimum Gasteiger partial charge on any atom is -0.351 e. The van der Waals surface area contributed by atoms with Crippen LogP contribution >= 0.6 is 0 Å². The number of pyridine rings is 1. The van der Waals surface area contributed by atoms with Gasteiger partial charge < -0.3 is 9.84 Å². The van der Waals surface area contributed by atoms with E-state index in [1.165, 1.54) is 6.20 Å². The summed E-state index contributed by atoms with van der Waals surface area (Å²) in [5.41, 5.74) is 1.06. The van der Waals surface area contributed by atoms with Crippen molar-refractivity contribution in [3.05, 3.63) is 48.1 Å². The van der Waals surface area contributed by atoms with E-state index in [1.54, 1.807) is 18.5 Å². The zero-order valence-electron chi connectivity index (χ0n) is 12.0. The molecule has 106 valence electrons. The Morgan fingerprint density at radius 2 is 2.15 bits per heavy atom. The highest BCUT2D eigenvalue weighted by Gasteiger charge is 2.23. The molecule has 0 bridgehead atoms. The molecule has 0 aliphatic carbocycles. The van der Waals surface area contributed by atoms with Crippen molar-refractivity contribution in [1.82, 2.24) is 15.5 Å². The highest BCUT2D eigenvalue weighted by atomic mass is 16.5. The molecule has 0 spiro atoms. The van der Waals surface area contributed by atoms with E-state index in [2.05, 4.69) is 36.2 Å². The number of nitrogens with one attached hydrogen (secondary N) is 1. The van der Waals surface area contributed by atoms with E-state index in [4.69, 9.17) is 4.52 Å². The fraction of sp³-hybridized carbons (Fsp3) is 0.400. The van der Waals surface area contributed by atoms with Crippen LogP contribution in [0.5, 0.6) is 0 Å². The maximum atomic E-state index is 12.1. The average Bonchev–Trinajstić information content (AvgIpc) is 2.91. The first-order valence-corrected chi connectivity index (χ1v) is 6.57. The molecule has 0 saturated carbocycles. The molecule has 2 heterocycles. The number of carbonyl (C=O) groups excluding carboxylic acids is 1. The summed E-state index contributed by atoms with van der Waals surface area (Å²) < 4.78 is 4.88. The SMILES string of the molecule is CC(C)(C)C[C@@H](NC(=O)c1ccno1)c1cccnc1. The normalized spacial score (nSPS) is 12.9. The lowest BCUT2D eigenvalue weighted by Crippen LogP contribution is -2.31. The Morgan fingerprint density at radius 3 is 2.70 bits per heavy atom. The molecule has 0 unspecified atom stereocenters. The molecule has 2 aromatic rings. The van der Waals surface area contributed by atoms with Crippen molar-refractivity contribution in [1.29, 1.82) is 0 Å². The predicted octanol–water partition coefficient (Wildman–Crippen LogP) is 2.98. The van der Waals surface area contributed by atoms with Gasteiger partial charge in [0, 0.05) is 18.5 Å². The Morgan fingerprint density at radius 1 is 1.35 bits per heavy atom. The molecular formula is C15H19N3O2. The number of nitrogens with zero attached hydrogens (tertiary/aromatic N) is 2. The number of amides is 1. The van der Waals surface area contributed by atoms with E-state index >= 15 is 0 Å². The topological polar surface area (TPSA) is 68.0 Å². The molecule has 2 rings (SSSR count). The maximum Gasteiger partial charge on any atom is 0.290 e. The van der Waals surface area contributed by atoms with Crippen molar-refractivity contribution in [2.45, 2.75) is 33.2 Å². The van der Waals surface area contributed by atoms with Crippen molar-refractivity contribution in [3.8, 4) is 0 Å². The lowest BCUT2D eigenvalue weighted by Gasteiger charge is -2.26. The van der Waals surface area contributed by atoms with E-state index < -0.39 is 0 Å². The van der Waals surface area contributed by atoms with E-state index in [0.29, 0.717) is 0 Å². The molecule has 1 amide bonds. The number of hydrogen-bond donors (Lipinski definition) is 1. The molecule has 2 aromatic heterocycles. The van der Waals surface area contributed by atoms with E-state index in [0.717, 1.165) is 12.0 Å². The third kappa shape index (κ3) is 3.91. The third-order valence-electron chi connectivity index (χ3n) is 2.87. The number of aromatic nitrogens is 2. The third-order valence-corrected chi connectivity index (χ3v) is 2.87. The van der Waals surface area contributed by atoms with Crippen molar-refractivity contribution >= 4 is 5.91 Å². The minimum absolute atomic E-state index is 0.0786. The van der Waals surface area contributed by atoms with Crippen LogP contribution in [0.25, 0.3) is 0 Å². The van der Waals surface area contributed by atoms with Crippen LogP contribution in [-0.4, -0.2) is 16.0 Å². The van der Waals surface area contributed by atoms with Gasteiger partial charge in [-0.05, 0) is 23.5 Å². The first-order valence-electron chi connectivity index (χ1n) is 6.57. The van der Waals surface area contributed by atoms with Gasteiger partial charge in [-0.15, -0.1) is 0 Å². The monoisotopic (exact) mass is 273 g/mol. The maximum absolute atomic E-state index is 12.1. The Labute approximate surface area is 118 Å². The van der Waals surface area contributed by atoms with Crippen molar-refractivity contribution in [2.75, 3.05) is 0 Å². The first-order chi connectivity index (χ1) is 9.46. The fourth-order valence-corrected chi connectivity index (χ4v) is 2.01. The molecule has 20 heavy (non-hydrogen) atoms. The number of carbonyl (C=O) groups is 1. The lowest BCUT2D eigenvalue weighted by molar-refractivity contribution is 0.0889. The van der Waals surface area contributed by atoms with Crippen LogP contribution in [0.2, 0.25) is 0 Å². The second-order valence-electron chi connectivity index (χ2n) is 5.95. The van der Waals surface area contributed by atoms with Crippen LogP contribution in [0, 0.1) is 5.41 Å². The van der Waals surface area contributed by atoms with Crippen molar-refractivity contribution in [3.63, 3.8) is 0 Å². The summed E-state index contributed by atoms with van der Waals surface area (Å²) in [6, 6.07) is 5.27. The molecule has 0 saturated heterocycles. The van der Waals surface area contributed by atoms with Gasteiger partial charge in [0.1, 0.15) is 0 Å². The average molecular weight is 273 g/mol. The lowest BCUT2D eigenvalue weighted by atomic mass is 9.86. The van der Waals surface area contributed by atoms with Crippen LogP contribution in [0.3, 0.4) is 0 Å². The Hall–Kier alpha value is -2.17. The van der Waals surface area contributed by atoms with Crippen molar-refractivity contribution in [2.24, 2.45) is 5.41 Å². The van der Waals surface area contributed by atoms with E-state index in [9.17, 15) is 4.79 Å². The smallest absolute Gasteiger partial charge is 0.290 e. The zero-order valence-corrected chi connectivity index (χ0v) is 12.0. The molecular weight excluding hydrogens is 254 g/mol. The van der Waals surface area contributed by atoms with Gasteiger partial charge >= 0.3 is 0 Å². The Bertz CT molecular complexity index is 544. The standard InChI is InChI=1S/C15H19N3O2/c1-15(2,3)9-12(11-5-4-7-16-10-11)18-14(19)13-6-8-17-20-13/h4-8,10,12H,9H2,1-3H3,(H,18,19)/t12-/m1/s1. The van der Waals surface area contributed by atoms with Gasteiger partial charge in [-0.3, -0.25) is 9.78 Å². The van der Waals surface area contributed by atoms with Crippen molar-refractivity contribution < 1.29 is 9.32 Å². The molecule has 0 aliphatic rings. The van der Waals surface area contributed by atoms with Gasteiger partial charge in [0.2, 0.25) is 5.76 Å². The summed E-state index contributed by atoms with van der Waals surface area (Å²) in [5, 5.41) is 6.53. The second kappa shape index (κ2) is 5.86. The second-order valence-corrected chi connectivity index (χ2v) is 5.95. The van der Waals surface area contributed by atoms with Crippen LogP contribution in [0.4, 0.5) is 0 Å². The van der Waals surface area contributed by atoms with Gasteiger partial charge in [-0.25, -0.2) is 0 Å². The van der Waals surface area contributed by atoms with Crippen LogP contribution in [0.15, 0.2) is 41.3 Å². The summed E-state index contributed by atoms with van der Waals surface area (Å²) >= 11 is 0. The van der Waals surface area contributed by atoms with Gasteiger partial charge in [0.15, 0.2) is 0 Å². The van der Waals surface area contributed by atoms with Crippen LogP contribution in [-0.2, 0) is 0 Å². The van der Waals surface area contributed by atoms with Gasteiger partial charge in [0.05, 0.1) is 12.2 Å². The fourth-order valence-electron chi connectivity index (χ4n) is 2.01. The van der Waals surface area contributed by atoms with Crippen LogP contribution in [0.1, 0.15) is 49.4 Å². The minimum atomic E-state index is -0.263. The van der Waals surface area contributed by atoms with Crippen LogP contribution < -0.4 is 5.32 Å². The molecule has 1 atom stereocenters. The van der Waals surface area contributed by atoms with Gasteiger partial charge in [0.25, 0.3) is 5.91 Å². The van der Waals surface area contributed by atoms with E-state index in [1.807, 2.05) is 12.1 Å². The summed E-state index contributed by atoms with van der Waals surface area (Å²) in [6.07, 6.45) is 5.75. The molecule has 5 heteroatoms. The molecule has 0 aromatic carbocycles. The summed E-state index contributed by atoms with van der Waals surface area (Å²) in [4.78, 5) is 16.2. The largest absolute Gasteiger partial charge is 0.351 e. The molecule has 1 N–H and O–H groups in total. The van der Waals surface area contributed by atoms with Gasteiger partial charge in [-0.2, -0.15) is 0 Å². The number of hydrogen-bond acceptors (Lipinski definition) is 4.